The van der Waals surface area contributed by atoms with Crippen LogP contribution < -0.4 is 0 Å². The van der Waals surface area contributed by atoms with E-state index in [4.69, 9.17) is 21.4 Å². The Morgan fingerprint density at radius 1 is 1.62 bits per heavy atom. The molecule has 0 aromatic rings. The molecule has 2 aliphatic heterocycles. The van der Waals surface area contributed by atoms with Crippen molar-refractivity contribution < 1.29 is 19.4 Å². The molecule has 3 fully saturated rings. The molecule has 0 aromatic carbocycles. The van der Waals surface area contributed by atoms with Crippen LogP contribution in [0.25, 0.3) is 0 Å². The number of alkyl halides is 1. The quantitative estimate of drug-likeness (QED) is 0.407. The van der Waals surface area contributed by atoms with Crippen molar-refractivity contribution in [3.63, 3.8) is 0 Å². The van der Waals surface area contributed by atoms with Crippen LogP contribution in [0.2, 0.25) is 0 Å². The second-order valence-corrected chi connectivity index (χ2v) is 4.22. The molecule has 0 atom stereocenters. The van der Waals surface area contributed by atoms with E-state index >= 15 is 0 Å². The third-order valence-electron chi connectivity index (χ3n) is 2.95. The van der Waals surface area contributed by atoms with Gasteiger partial charge in [-0.05, 0) is 12.8 Å². The fourth-order valence-electron chi connectivity index (χ4n) is 2.20. The van der Waals surface area contributed by atoms with E-state index in [1.165, 1.54) is 0 Å². The lowest BCUT2D eigenvalue weighted by atomic mass is 9.52. The van der Waals surface area contributed by atoms with Gasteiger partial charge in [0.1, 0.15) is 0 Å². The number of carboxylic acid groups (broad SMARTS) is 1. The van der Waals surface area contributed by atoms with Crippen molar-refractivity contribution in [3.05, 3.63) is 0 Å². The second kappa shape index (κ2) is 2.38. The molecule has 3 rings (SSSR count). The van der Waals surface area contributed by atoms with Gasteiger partial charge in [0.15, 0.2) is 5.41 Å². The van der Waals surface area contributed by atoms with Crippen LogP contribution >= 0.6 is 11.6 Å². The average Bonchev–Trinajstić information content (AvgIpc) is 2.03. The number of halogens is 1. The van der Waals surface area contributed by atoms with Crippen LogP contribution in [0, 0.1) is 10.8 Å². The maximum Gasteiger partial charge on any atom is 0.323 e. The van der Waals surface area contributed by atoms with Crippen molar-refractivity contribution in [1.82, 2.24) is 0 Å². The first-order valence-corrected chi connectivity index (χ1v) is 4.55. The lowest BCUT2D eigenvalue weighted by Gasteiger charge is -2.54. The van der Waals surface area contributed by atoms with Crippen molar-refractivity contribution in [3.8, 4) is 0 Å². The molecular weight excluding hydrogens is 196 g/mol. The first kappa shape index (κ1) is 8.81. The summed E-state index contributed by atoms with van der Waals surface area (Å²) in [5.74, 6) is -1.33. The minimum absolute atomic E-state index is 0.268. The maximum absolute atomic E-state index is 11.2. The SMILES string of the molecule is O=C(O)C12CC(CCl)(COC1=O)C2. The minimum Gasteiger partial charge on any atom is -0.480 e. The highest BCUT2D eigenvalue weighted by atomic mass is 35.5. The zero-order valence-corrected chi connectivity index (χ0v) is 7.63. The Morgan fingerprint density at radius 3 is 2.69 bits per heavy atom. The van der Waals surface area contributed by atoms with Crippen LogP contribution in [-0.2, 0) is 14.3 Å². The van der Waals surface area contributed by atoms with Crippen molar-refractivity contribution in [2.45, 2.75) is 12.8 Å². The number of aliphatic carboxylic acids is 1. The Balaban J connectivity index is 2.25. The number of hydrogen-bond acceptors (Lipinski definition) is 3. The predicted molar refractivity (Wildman–Crippen MR) is 43.4 cm³/mol. The van der Waals surface area contributed by atoms with E-state index in [1.54, 1.807) is 0 Å². The first-order chi connectivity index (χ1) is 6.05. The fourth-order valence-corrected chi connectivity index (χ4v) is 2.47. The van der Waals surface area contributed by atoms with Crippen LogP contribution in [0.5, 0.6) is 0 Å². The number of hydrogen-bond donors (Lipinski definition) is 1. The molecule has 5 heteroatoms. The number of rotatable bonds is 2. The largest absolute Gasteiger partial charge is 0.480 e. The third kappa shape index (κ3) is 0.921. The fraction of sp³-hybridized carbons (Fsp3) is 0.750. The third-order valence-corrected chi connectivity index (χ3v) is 3.51. The molecule has 0 spiro atoms. The molecule has 13 heavy (non-hydrogen) atoms. The predicted octanol–water partition coefficient (Wildman–Crippen LogP) is 0.633. The number of carboxylic acids is 1. The number of fused-ring (bicyclic) bond motifs is 2. The monoisotopic (exact) mass is 204 g/mol. The number of carbonyl (C=O) groups excluding carboxylic acids is 1. The Bertz CT molecular complexity index is 280. The number of esters is 1. The summed E-state index contributed by atoms with van der Waals surface area (Å²) in [6.45, 7) is 0.268. The maximum atomic E-state index is 11.2. The van der Waals surface area contributed by atoms with Gasteiger partial charge in [0, 0.05) is 11.3 Å². The normalized spacial score (nSPS) is 42.1. The van der Waals surface area contributed by atoms with E-state index in [2.05, 4.69) is 0 Å². The highest BCUT2D eigenvalue weighted by Gasteiger charge is 2.68. The second-order valence-electron chi connectivity index (χ2n) is 3.95. The molecular formula is C8H9ClO4. The molecule has 0 radical (unpaired) electrons. The topological polar surface area (TPSA) is 63.6 Å². The van der Waals surface area contributed by atoms with E-state index < -0.39 is 17.4 Å². The lowest BCUT2D eigenvalue weighted by Crippen LogP contribution is -2.63. The molecule has 2 heterocycles. The molecule has 0 aromatic heterocycles. The van der Waals surface area contributed by atoms with Gasteiger partial charge in [0.05, 0.1) is 6.61 Å². The molecule has 2 bridgehead atoms. The van der Waals surface area contributed by atoms with Gasteiger partial charge < -0.3 is 9.84 Å². The zero-order valence-electron chi connectivity index (χ0n) is 6.88. The van der Waals surface area contributed by atoms with Gasteiger partial charge in [-0.15, -0.1) is 11.6 Å². The highest BCUT2D eigenvalue weighted by Crippen LogP contribution is 2.59. The van der Waals surface area contributed by atoms with Gasteiger partial charge in [0.25, 0.3) is 0 Å². The minimum atomic E-state index is -1.28. The van der Waals surface area contributed by atoms with Gasteiger partial charge in [-0.3, -0.25) is 9.59 Å². The number of carbonyl (C=O) groups is 2. The zero-order chi connectivity index (χ0) is 9.69. The molecule has 1 N–H and O–H groups in total. The molecule has 0 amide bonds. The Morgan fingerprint density at radius 2 is 2.23 bits per heavy atom. The van der Waals surface area contributed by atoms with Crippen molar-refractivity contribution >= 4 is 23.5 Å². The summed E-state index contributed by atoms with van der Waals surface area (Å²) < 4.78 is 4.79. The summed E-state index contributed by atoms with van der Waals surface area (Å²) in [5.41, 5.74) is -1.55. The molecule has 1 saturated carbocycles. The summed E-state index contributed by atoms with van der Waals surface area (Å²) in [4.78, 5) is 22.0. The van der Waals surface area contributed by atoms with Gasteiger partial charge in [0.2, 0.25) is 0 Å². The van der Waals surface area contributed by atoms with Crippen molar-refractivity contribution in [2.24, 2.45) is 10.8 Å². The summed E-state index contributed by atoms with van der Waals surface area (Å²) in [7, 11) is 0. The summed E-state index contributed by atoms with van der Waals surface area (Å²) in [6, 6.07) is 0. The molecule has 4 nitrogen and oxygen atoms in total. The standard InChI is InChI=1S/C8H9ClO4/c9-3-7-1-8(2-7,5(10)11)6(12)13-4-7/h1-4H2,(H,10,11). The summed E-state index contributed by atoms with van der Waals surface area (Å²) in [5, 5.41) is 8.87. The molecule has 1 aliphatic carbocycles. The van der Waals surface area contributed by atoms with Gasteiger partial charge in [-0.2, -0.15) is 0 Å². The number of ether oxygens (including phenoxy) is 1. The van der Waals surface area contributed by atoms with Crippen molar-refractivity contribution in [2.75, 3.05) is 12.5 Å². The Kier molecular flexibility index (Phi) is 1.61. The van der Waals surface area contributed by atoms with E-state index in [-0.39, 0.29) is 12.0 Å². The van der Waals surface area contributed by atoms with Crippen LogP contribution in [-0.4, -0.2) is 29.5 Å². The summed E-state index contributed by atoms with van der Waals surface area (Å²) >= 11 is 5.69. The Labute approximate surface area is 79.8 Å². The Hall–Kier alpha value is -0.770. The highest BCUT2D eigenvalue weighted by molar-refractivity contribution is 6.18. The first-order valence-electron chi connectivity index (χ1n) is 4.01. The average molecular weight is 205 g/mol. The van der Waals surface area contributed by atoms with E-state index in [0.717, 1.165) is 0 Å². The van der Waals surface area contributed by atoms with E-state index in [1.807, 2.05) is 0 Å². The lowest BCUT2D eigenvalue weighted by molar-refractivity contribution is -0.211. The van der Waals surface area contributed by atoms with Crippen LogP contribution in [0.1, 0.15) is 12.8 Å². The smallest absolute Gasteiger partial charge is 0.323 e. The summed E-state index contributed by atoms with van der Waals surface area (Å²) in [6.07, 6.45) is 0.662. The van der Waals surface area contributed by atoms with E-state index in [0.29, 0.717) is 18.7 Å². The van der Waals surface area contributed by atoms with Crippen LogP contribution in [0.3, 0.4) is 0 Å². The molecule has 0 unspecified atom stereocenters. The van der Waals surface area contributed by atoms with Gasteiger partial charge in [-0.25, -0.2) is 0 Å². The van der Waals surface area contributed by atoms with Crippen molar-refractivity contribution in [1.29, 1.82) is 0 Å². The van der Waals surface area contributed by atoms with Crippen LogP contribution in [0.15, 0.2) is 0 Å². The molecule has 72 valence electrons. The van der Waals surface area contributed by atoms with Crippen LogP contribution in [0.4, 0.5) is 0 Å². The molecule has 3 aliphatic rings. The molecule has 2 saturated heterocycles. The van der Waals surface area contributed by atoms with E-state index in [9.17, 15) is 9.59 Å². The van der Waals surface area contributed by atoms with Gasteiger partial charge in [-0.1, -0.05) is 0 Å². The van der Waals surface area contributed by atoms with Gasteiger partial charge >= 0.3 is 11.9 Å².